The molecule has 2 rings (SSSR count). The van der Waals surface area contributed by atoms with Crippen LogP contribution in [0, 0.1) is 11.3 Å². The maximum absolute atomic E-state index is 2.33. The van der Waals surface area contributed by atoms with Crippen molar-refractivity contribution in [1.82, 2.24) is 0 Å². The Kier molecular flexibility index (Phi) is 0.499. The smallest absolute Gasteiger partial charge is 0.0269 e. The van der Waals surface area contributed by atoms with E-state index in [0.717, 1.165) is 5.41 Å². The van der Waals surface area contributed by atoms with Gasteiger partial charge in [-0.1, -0.05) is 13.3 Å². The molecule has 2 unspecified atom stereocenters. The first-order chi connectivity index (χ1) is 3.37. The summed E-state index contributed by atoms with van der Waals surface area (Å²) < 4.78 is 0. The molecule has 2 aliphatic carbocycles. The Bertz CT molecular complexity index is 86.7. The summed E-state index contributed by atoms with van der Waals surface area (Å²) in [6, 6.07) is 0. The lowest BCUT2D eigenvalue weighted by atomic mass is 9.83. The Hall–Kier alpha value is 0. The van der Waals surface area contributed by atoms with Crippen molar-refractivity contribution in [3.63, 3.8) is 0 Å². The molecule has 0 aliphatic heterocycles. The topological polar surface area (TPSA) is 0 Å². The molecule has 0 nitrogen and oxygen atoms in total. The molecule has 0 aromatic heterocycles. The molecule has 0 heteroatoms. The molecule has 0 aromatic carbocycles. The fourth-order valence-electron chi connectivity index (χ4n) is 2.00. The van der Waals surface area contributed by atoms with Crippen LogP contribution in [0.3, 0.4) is 0 Å². The van der Waals surface area contributed by atoms with Gasteiger partial charge in [-0.05, 0) is 30.6 Å². The lowest BCUT2D eigenvalue weighted by molar-refractivity contribution is 0.284. The predicted molar refractivity (Wildman–Crippen MR) is 30.1 cm³/mol. The van der Waals surface area contributed by atoms with E-state index in [2.05, 4.69) is 6.92 Å². The van der Waals surface area contributed by atoms with Crippen LogP contribution in [0.5, 0.6) is 0 Å². The largest absolute Gasteiger partial charge is 0.0648 e. The SMILES string of the molecule is CCC12CCC1C2. The van der Waals surface area contributed by atoms with Crippen LogP contribution in [0.4, 0.5) is 0 Å². The summed E-state index contributed by atoms with van der Waals surface area (Å²) in [5.74, 6) is 1.19. The Morgan fingerprint density at radius 3 is 2.57 bits per heavy atom. The number of hydrogen-bond acceptors (Lipinski definition) is 0. The molecule has 40 valence electrons. The molecular formula is C7H12. The zero-order valence-corrected chi connectivity index (χ0v) is 4.91. The Morgan fingerprint density at radius 2 is 2.57 bits per heavy atom. The molecule has 2 saturated carbocycles. The molecule has 2 fully saturated rings. The van der Waals surface area contributed by atoms with Crippen molar-refractivity contribution >= 4 is 0 Å². The Balaban J connectivity index is 2.06. The van der Waals surface area contributed by atoms with Gasteiger partial charge in [0.15, 0.2) is 0 Å². The maximum atomic E-state index is 2.33. The molecule has 0 bridgehead atoms. The summed E-state index contributed by atoms with van der Waals surface area (Å²) in [4.78, 5) is 0. The van der Waals surface area contributed by atoms with E-state index in [0.29, 0.717) is 0 Å². The van der Waals surface area contributed by atoms with Crippen molar-refractivity contribution in [1.29, 1.82) is 0 Å². The van der Waals surface area contributed by atoms with Crippen LogP contribution in [0.1, 0.15) is 32.6 Å². The van der Waals surface area contributed by atoms with E-state index < -0.39 is 0 Å². The van der Waals surface area contributed by atoms with Gasteiger partial charge in [0.1, 0.15) is 0 Å². The average molecular weight is 96.2 g/mol. The zero-order chi connectivity index (χ0) is 4.91. The highest BCUT2D eigenvalue weighted by Gasteiger charge is 2.58. The molecule has 7 heavy (non-hydrogen) atoms. The van der Waals surface area contributed by atoms with Gasteiger partial charge in [0, 0.05) is 0 Å². The second kappa shape index (κ2) is 0.888. The van der Waals surface area contributed by atoms with Crippen molar-refractivity contribution in [3.05, 3.63) is 0 Å². The van der Waals surface area contributed by atoms with Gasteiger partial charge in [-0.2, -0.15) is 0 Å². The minimum atomic E-state index is 0.931. The molecule has 0 aromatic rings. The average Bonchev–Trinajstić information content (AvgIpc) is 2.12. The van der Waals surface area contributed by atoms with Gasteiger partial charge < -0.3 is 0 Å². The second-order valence-corrected chi connectivity index (χ2v) is 3.16. The molecule has 0 amide bonds. The first-order valence-electron chi connectivity index (χ1n) is 3.37. The first-order valence-corrected chi connectivity index (χ1v) is 3.37. The Labute approximate surface area is 44.9 Å². The zero-order valence-electron chi connectivity index (χ0n) is 4.91. The molecule has 0 N–H and O–H groups in total. The first kappa shape index (κ1) is 3.94. The van der Waals surface area contributed by atoms with E-state index in [1.54, 1.807) is 19.3 Å². The summed E-state index contributed by atoms with van der Waals surface area (Å²) >= 11 is 0. The third kappa shape index (κ3) is 0.296. The summed E-state index contributed by atoms with van der Waals surface area (Å²) in [6.45, 7) is 2.33. The van der Waals surface area contributed by atoms with Crippen molar-refractivity contribution in [2.45, 2.75) is 32.6 Å². The third-order valence-electron chi connectivity index (χ3n) is 3.05. The third-order valence-corrected chi connectivity index (χ3v) is 3.05. The predicted octanol–water partition coefficient (Wildman–Crippen LogP) is 2.20. The highest BCUT2D eigenvalue weighted by Crippen LogP contribution is 2.69. The minimum Gasteiger partial charge on any atom is -0.0648 e. The molecule has 2 aliphatic rings. The van der Waals surface area contributed by atoms with Crippen LogP contribution < -0.4 is 0 Å². The van der Waals surface area contributed by atoms with E-state index in [1.165, 1.54) is 12.3 Å². The second-order valence-electron chi connectivity index (χ2n) is 3.16. The molecule has 0 spiro atoms. The van der Waals surface area contributed by atoms with Crippen molar-refractivity contribution in [3.8, 4) is 0 Å². The summed E-state index contributed by atoms with van der Waals surface area (Å²) in [5, 5.41) is 0. The molecule has 2 atom stereocenters. The van der Waals surface area contributed by atoms with Crippen LogP contribution in [-0.2, 0) is 0 Å². The molecule has 0 heterocycles. The van der Waals surface area contributed by atoms with Crippen LogP contribution in [0.15, 0.2) is 0 Å². The normalized spacial score (nSPS) is 55.3. The van der Waals surface area contributed by atoms with Crippen LogP contribution in [0.25, 0.3) is 0 Å². The van der Waals surface area contributed by atoms with Gasteiger partial charge in [-0.25, -0.2) is 0 Å². The van der Waals surface area contributed by atoms with Gasteiger partial charge in [-0.15, -0.1) is 0 Å². The molecular weight excluding hydrogens is 84.1 g/mol. The summed E-state index contributed by atoms with van der Waals surface area (Å²) in [6.07, 6.45) is 6.13. The quantitative estimate of drug-likeness (QED) is 0.469. The van der Waals surface area contributed by atoms with E-state index in [4.69, 9.17) is 0 Å². The van der Waals surface area contributed by atoms with Crippen molar-refractivity contribution < 1.29 is 0 Å². The fraction of sp³-hybridized carbons (Fsp3) is 1.00. The Morgan fingerprint density at radius 1 is 1.71 bits per heavy atom. The van der Waals surface area contributed by atoms with Crippen LogP contribution >= 0.6 is 0 Å². The van der Waals surface area contributed by atoms with E-state index in [-0.39, 0.29) is 0 Å². The molecule has 0 saturated heterocycles. The summed E-state index contributed by atoms with van der Waals surface area (Å²) in [7, 11) is 0. The van der Waals surface area contributed by atoms with Crippen molar-refractivity contribution in [2.75, 3.05) is 0 Å². The fourth-order valence-corrected chi connectivity index (χ4v) is 2.00. The lowest BCUT2D eigenvalue weighted by Gasteiger charge is -2.22. The van der Waals surface area contributed by atoms with Crippen molar-refractivity contribution in [2.24, 2.45) is 11.3 Å². The van der Waals surface area contributed by atoms with E-state index in [1.807, 2.05) is 0 Å². The van der Waals surface area contributed by atoms with Gasteiger partial charge in [0.25, 0.3) is 0 Å². The van der Waals surface area contributed by atoms with Gasteiger partial charge in [-0.3, -0.25) is 0 Å². The maximum Gasteiger partial charge on any atom is -0.0269 e. The highest BCUT2D eigenvalue weighted by molar-refractivity contribution is 5.09. The molecule has 0 radical (unpaired) electrons. The standard InChI is InChI=1S/C7H12/c1-2-7-4-3-6(7)5-7/h6H,2-5H2,1H3. The number of rotatable bonds is 1. The van der Waals surface area contributed by atoms with E-state index in [9.17, 15) is 0 Å². The highest BCUT2D eigenvalue weighted by atomic mass is 14.6. The van der Waals surface area contributed by atoms with E-state index >= 15 is 0 Å². The van der Waals surface area contributed by atoms with Crippen LogP contribution in [0.2, 0.25) is 0 Å². The van der Waals surface area contributed by atoms with Crippen LogP contribution in [-0.4, -0.2) is 0 Å². The van der Waals surface area contributed by atoms with Gasteiger partial charge in [0.05, 0.1) is 0 Å². The monoisotopic (exact) mass is 96.1 g/mol. The van der Waals surface area contributed by atoms with Gasteiger partial charge in [0.2, 0.25) is 0 Å². The summed E-state index contributed by atoms with van der Waals surface area (Å²) in [5.41, 5.74) is 0.931. The van der Waals surface area contributed by atoms with Gasteiger partial charge >= 0.3 is 0 Å². The number of fused-ring (bicyclic) bond motifs is 1. The number of hydrogen-bond donors (Lipinski definition) is 0. The lowest BCUT2D eigenvalue weighted by Crippen LogP contribution is -2.11. The minimum absolute atomic E-state index is 0.931.